The van der Waals surface area contributed by atoms with Gasteiger partial charge in [-0.2, -0.15) is 4.31 Å². The molecule has 186 valence electrons. The maximum Gasteiger partial charge on any atom is 0.260 e. The smallest absolute Gasteiger partial charge is 0.260 e. The highest BCUT2D eigenvalue weighted by Gasteiger charge is 2.25. The number of rotatable bonds is 12. The van der Waals surface area contributed by atoms with E-state index in [1.54, 1.807) is 12.1 Å². The average Bonchev–Trinajstić information content (AvgIpc) is 3.26. The largest absolute Gasteiger partial charge is 0.309 e. The molecule has 7 nitrogen and oxygen atoms in total. The monoisotopic (exact) mass is 516 g/mol. The average molecular weight is 517 g/mol. The second kappa shape index (κ2) is 11.7. The molecule has 0 aliphatic rings. The van der Waals surface area contributed by atoms with E-state index in [1.165, 1.54) is 63.0 Å². The van der Waals surface area contributed by atoms with E-state index in [-0.39, 0.29) is 29.4 Å². The minimum atomic E-state index is -3.78. The molecule has 0 unspecified atom stereocenters. The van der Waals surface area contributed by atoms with Gasteiger partial charge in [-0.25, -0.2) is 17.8 Å². The van der Waals surface area contributed by atoms with Crippen molar-refractivity contribution in [2.75, 3.05) is 45.2 Å². The molecule has 0 spiro atoms. The van der Waals surface area contributed by atoms with Crippen LogP contribution in [0.1, 0.15) is 16.8 Å². The van der Waals surface area contributed by atoms with Crippen LogP contribution in [0.3, 0.4) is 0 Å². The summed E-state index contributed by atoms with van der Waals surface area (Å²) in [5.41, 5.74) is 0.538. The van der Waals surface area contributed by atoms with Crippen LogP contribution < -0.4 is 4.90 Å². The number of carbonyl (C=O) groups is 1. The van der Waals surface area contributed by atoms with Gasteiger partial charge in [-0.15, -0.1) is 13.2 Å². The number of nitrogens with zero attached hydrogens (tertiary/aromatic N) is 4. The van der Waals surface area contributed by atoms with Gasteiger partial charge in [0.05, 0.1) is 9.60 Å². The van der Waals surface area contributed by atoms with E-state index >= 15 is 0 Å². The second-order valence-corrected chi connectivity index (χ2v) is 11.1. The van der Waals surface area contributed by atoms with Crippen LogP contribution in [0.2, 0.25) is 0 Å². The Morgan fingerprint density at radius 2 is 1.71 bits per heavy atom. The normalized spacial score (nSPS) is 11.8. The fourth-order valence-electron chi connectivity index (χ4n) is 3.48. The zero-order valence-corrected chi connectivity index (χ0v) is 21.5. The van der Waals surface area contributed by atoms with E-state index in [9.17, 15) is 17.6 Å². The quantitative estimate of drug-likeness (QED) is 0.334. The lowest BCUT2D eigenvalue weighted by Crippen LogP contribution is -2.33. The summed E-state index contributed by atoms with van der Waals surface area (Å²) in [5, 5.41) is 0.397. The Kier molecular flexibility index (Phi) is 8.90. The lowest BCUT2D eigenvalue weighted by Gasteiger charge is -2.22. The lowest BCUT2D eigenvalue weighted by molar-refractivity contribution is 0.0986. The van der Waals surface area contributed by atoms with Crippen molar-refractivity contribution in [3.05, 3.63) is 79.2 Å². The number of aromatic nitrogens is 1. The van der Waals surface area contributed by atoms with Crippen LogP contribution in [0.4, 0.5) is 9.52 Å². The molecule has 0 radical (unpaired) electrons. The Hall–Kier alpha value is -2.92. The molecule has 0 fully saturated rings. The van der Waals surface area contributed by atoms with Gasteiger partial charge in [0.25, 0.3) is 5.91 Å². The van der Waals surface area contributed by atoms with E-state index in [2.05, 4.69) is 18.1 Å². The molecule has 1 aromatic heterocycles. The first-order valence-corrected chi connectivity index (χ1v) is 13.3. The maximum absolute atomic E-state index is 14.2. The van der Waals surface area contributed by atoms with Crippen molar-refractivity contribution in [1.82, 2.24) is 14.2 Å². The Bertz CT molecular complexity index is 1290. The number of amides is 1. The van der Waals surface area contributed by atoms with Gasteiger partial charge in [-0.1, -0.05) is 29.6 Å². The van der Waals surface area contributed by atoms with Crippen LogP contribution in [0.5, 0.6) is 0 Å². The zero-order valence-electron chi connectivity index (χ0n) is 19.9. The summed E-state index contributed by atoms with van der Waals surface area (Å²) in [4.78, 5) is 21.5. The molecule has 0 bridgehead atoms. The highest BCUT2D eigenvalue weighted by atomic mass is 32.2. The molecular weight excluding hydrogens is 487 g/mol. The number of hydrogen-bond donors (Lipinski definition) is 0. The van der Waals surface area contributed by atoms with Crippen molar-refractivity contribution in [1.29, 1.82) is 0 Å². The predicted molar refractivity (Wildman–Crippen MR) is 140 cm³/mol. The van der Waals surface area contributed by atoms with E-state index in [4.69, 9.17) is 0 Å². The van der Waals surface area contributed by atoms with Crippen LogP contribution in [-0.4, -0.2) is 68.8 Å². The van der Waals surface area contributed by atoms with Gasteiger partial charge in [0.15, 0.2) is 5.13 Å². The highest BCUT2D eigenvalue weighted by molar-refractivity contribution is 7.89. The summed E-state index contributed by atoms with van der Waals surface area (Å²) in [6, 6.07) is 10.5. The first-order chi connectivity index (χ1) is 16.7. The molecule has 10 heteroatoms. The van der Waals surface area contributed by atoms with E-state index < -0.39 is 15.8 Å². The minimum absolute atomic E-state index is 0.0685. The topological polar surface area (TPSA) is 73.8 Å². The number of fused-ring (bicyclic) bond motifs is 1. The van der Waals surface area contributed by atoms with Crippen LogP contribution in [0.15, 0.2) is 72.7 Å². The summed E-state index contributed by atoms with van der Waals surface area (Å²) < 4.78 is 42.1. The van der Waals surface area contributed by atoms with Gasteiger partial charge in [0.2, 0.25) is 10.0 Å². The fraction of sp³-hybridized carbons (Fsp3) is 0.280. The second-order valence-electron chi connectivity index (χ2n) is 8.12. The number of sulfonamides is 1. The van der Waals surface area contributed by atoms with Crippen molar-refractivity contribution >= 4 is 42.6 Å². The summed E-state index contributed by atoms with van der Waals surface area (Å²) in [7, 11) is 0.112. The lowest BCUT2D eigenvalue weighted by atomic mass is 10.2. The van der Waals surface area contributed by atoms with Gasteiger partial charge in [0, 0.05) is 25.2 Å². The van der Waals surface area contributed by atoms with Crippen molar-refractivity contribution in [3.63, 3.8) is 0 Å². The first-order valence-electron chi connectivity index (χ1n) is 11.0. The Morgan fingerprint density at radius 3 is 2.29 bits per heavy atom. The summed E-state index contributed by atoms with van der Waals surface area (Å²) in [5.74, 6) is -0.773. The number of halogens is 1. The molecule has 0 atom stereocenters. The van der Waals surface area contributed by atoms with Crippen molar-refractivity contribution in [3.8, 4) is 0 Å². The van der Waals surface area contributed by atoms with Crippen molar-refractivity contribution in [2.45, 2.75) is 11.3 Å². The number of carbonyl (C=O) groups excluding carboxylic acids is 1. The Balaban J connectivity index is 1.92. The molecule has 2 aromatic carbocycles. The highest BCUT2D eigenvalue weighted by Crippen LogP contribution is 2.31. The Morgan fingerprint density at radius 1 is 1.06 bits per heavy atom. The molecule has 0 saturated carbocycles. The number of benzene rings is 2. The molecule has 0 aliphatic carbocycles. The van der Waals surface area contributed by atoms with Gasteiger partial charge < -0.3 is 4.90 Å². The molecule has 0 N–H and O–H groups in total. The van der Waals surface area contributed by atoms with Crippen molar-refractivity contribution < 1.29 is 17.6 Å². The first kappa shape index (κ1) is 26.7. The molecule has 0 saturated heterocycles. The van der Waals surface area contributed by atoms with Gasteiger partial charge in [-0.05, 0) is 63.5 Å². The number of hydrogen-bond acceptors (Lipinski definition) is 6. The summed E-state index contributed by atoms with van der Waals surface area (Å²) in [6.45, 7) is 8.64. The minimum Gasteiger partial charge on any atom is -0.309 e. The van der Waals surface area contributed by atoms with Gasteiger partial charge >= 0.3 is 0 Å². The molecule has 0 aliphatic heterocycles. The van der Waals surface area contributed by atoms with Crippen LogP contribution >= 0.6 is 11.3 Å². The molecular formula is C25H29FN4O3S2. The summed E-state index contributed by atoms with van der Waals surface area (Å²) >= 11 is 1.24. The number of anilines is 1. The molecule has 3 aromatic rings. The third kappa shape index (κ3) is 6.21. The van der Waals surface area contributed by atoms with E-state index in [0.717, 1.165) is 6.54 Å². The van der Waals surface area contributed by atoms with Crippen LogP contribution in [0.25, 0.3) is 10.2 Å². The van der Waals surface area contributed by atoms with E-state index in [0.29, 0.717) is 28.4 Å². The van der Waals surface area contributed by atoms with Crippen molar-refractivity contribution in [2.24, 2.45) is 0 Å². The van der Waals surface area contributed by atoms with Gasteiger partial charge in [-0.3, -0.25) is 9.69 Å². The zero-order chi connectivity index (χ0) is 25.6. The molecule has 1 amide bonds. The predicted octanol–water partition coefficient (Wildman–Crippen LogP) is 4.40. The van der Waals surface area contributed by atoms with Gasteiger partial charge in [0.1, 0.15) is 11.3 Å². The Labute approximate surface area is 209 Å². The summed E-state index contributed by atoms with van der Waals surface area (Å²) in [6.07, 6.45) is 3.69. The molecule has 1 heterocycles. The SMILES string of the molecule is C=CCN(CC=C)S(=O)(=O)c1ccc(C(=O)N(CCCN(C)C)c2nc3c(F)cccc3s2)cc1. The molecule has 35 heavy (non-hydrogen) atoms. The number of para-hydroxylation sites is 1. The maximum atomic E-state index is 14.2. The van der Waals surface area contributed by atoms with Crippen LogP contribution in [-0.2, 0) is 10.0 Å². The number of thiazole rings is 1. The third-order valence-electron chi connectivity index (χ3n) is 5.23. The fourth-order valence-corrected chi connectivity index (χ4v) is 5.87. The van der Waals surface area contributed by atoms with E-state index in [1.807, 2.05) is 19.0 Å². The third-order valence-corrected chi connectivity index (χ3v) is 8.12. The molecule has 3 rings (SSSR count). The van der Waals surface area contributed by atoms with Crippen LogP contribution in [0, 0.1) is 5.82 Å². The standard InChI is InChI=1S/C25H29FN4O3S2/c1-5-15-29(16-6-2)35(32,33)20-13-11-19(12-14-20)24(31)30(18-8-17-28(3)4)25-27-23-21(26)9-7-10-22(23)34-25/h5-7,9-14H,1-2,8,15-18H2,3-4H3.